The van der Waals surface area contributed by atoms with E-state index in [1.807, 2.05) is 6.92 Å². The zero-order chi connectivity index (χ0) is 18.0. The molecule has 1 fully saturated rings. The lowest BCUT2D eigenvalue weighted by Gasteiger charge is -2.34. The molecule has 3 rings (SSSR count). The second-order valence-corrected chi connectivity index (χ2v) is 8.31. The van der Waals surface area contributed by atoms with Crippen molar-refractivity contribution >= 4 is 52.1 Å². The summed E-state index contributed by atoms with van der Waals surface area (Å²) in [5.41, 5.74) is 2.13. The van der Waals surface area contributed by atoms with Gasteiger partial charge in [-0.1, -0.05) is 12.1 Å². The lowest BCUT2D eigenvalue weighted by molar-refractivity contribution is -0.274. The average Bonchev–Trinajstić information content (AvgIpc) is 2.88. The summed E-state index contributed by atoms with van der Waals surface area (Å²) >= 11 is 5.24. The molecule has 27 heavy (non-hydrogen) atoms. The van der Waals surface area contributed by atoms with Gasteiger partial charge in [0, 0.05) is 31.1 Å². The van der Waals surface area contributed by atoms with E-state index < -0.39 is 6.36 Å². The lowest BCUT2D eigenvalue weighted by atomic mass is 10.0. The molecule has 1 atom stereocenters. The first kappa shape index (κ1) is 24.5. The molecule has 1 aromatic carbocycles. The van der Waals surface area contributed by atoms with Crippen LogP contribution in [0.5, 0.6) is 5.75 Å². The van der Waals surface area contributed by atoms with E-state index in [1.165, 1.54) is 17.0 Å². The molecule has 0 bridgehead atoms. The number of rotatable bonds is 4. The Kier molecular flexibility index (Phi) is 9.37. The number of nitrogens with zero attached hydrogens (tertiary/aromatic N) is 1. The van der Waals surface area contributed by atoms with Crippen LogP contribution in [-0.4, -0.2) is 37.4 Å². The van der Waals surface area contributed by atoms with E-state index in [1.54, 1.807) is 23.5 Å². The second kappa shape index (κ2) is 10.3. The normalized spacial score (nSPS) is 16.2. The number of halogens is 6. The molecule has 10 heteroatoms. The van der Waals surface area contributed by atoms with Crippen LogP contribution in [0.25, 0.3) is 0 Å². The Labute approximate surface area is 181 Å². The fraction of sp³-hybridized carbons (Fsp3) is 0.412. The number of thiophene rings is 1. The molecule has 0 saturated carbocycles. The second-order valence-electron chi connectivity index (χ2n) is 5.91. The predicted octanol–water partition coefficient (Wildman–Crippen LogP) is 5.56. The fourth-order valence-corrected chi connectivity index (χ4v) is 4.70. The van der Waals surface area contributed by atoms with Crippen LogP contribution in [-0.2, 0) is 0 Å². The SMILES string of the molecule is Cc1cc([C@@H](c2ccc(OC(F)(F)F)cc2)N2CCNCC2)sc1Br.Cl.Cl. The van der Waals surface area contributed by atoms with Gasteiger partial charge in [0.05, 0.1) is 9.83 Å². The van der Waals surface area contributed by atoms with Crippen molar-refractivity contribution in [1.82, 2.24) is 10.2 Å². The van der Waals surface area contributed by atoms with E-state index in [0.717, 1.165) is 41.1 Å². The van der Waals surface area contributed by atoms with Gasteiger partial charge in [0.25, 0.3) is 0 Å². The molecule has 0 unspecified atom stereocenters. The van der Waals surface area contributed by atoms with Crippen LogP contribution in [0.3, 0.4) is 0 Å². The lowest BCUT2D eigenvalue weighted by Crippen LogP contribution is -2.45. The summed E-state index contributed by atoms with van der Waals surface area (Å²) < 4.78 is 42.2. The van der Waals surface area contributed by atoms with Crippen LogP contribution in [0, 0.1) is 6.92 Å². The maximum absolute atomic E-state index is 12.4. The van der Waals surface area contributed by atoms with Crippen molar-refractivity contribution in [2.24, 2.45) is 0 Å². The first-order valence-corrected chi connectivity index (χ1v) is 9.51. The van der Waals surface area contributed by atoms with Gasteiger partial charge < -0.3 is 10.1 Å². The number of hydrogen-bond donors (Lipinski definition) is 1. The zero-order valence-corrected chi connectivity index (χ0v) is 18.4. The molecule has 1 aliphatic heterocycles. The van der Waals surface area contributed by atoms with E-state index in [-0.39, 0.29) is 36.6 Å². The molecule has 2 aromatic rings. The van der Waals surface area contributed by atoms with Crippen LogP contribution in [0.2, 0.25) is 0 Å². The number of hydrogen-bond acceptors (Lipinski definition) is 4. The predicted molar refractivity (Wildman–Crippen MR) is 111 cm³/mol. The molecule has 0 radical (unpaired) electrons. The summed E-state index contributed by atoms with van der Waals surface area (Å²) in [6.45, 7) is 5.62. The third-order valence-electron chi connectivity index (χ3n) is 4.09. The van der Waals surface area contributed by atoms with Crippen molar-refractivity contribution in [3.05, 3.63) is 50.1 Å². The molecule has 0 aliphatic carbocycles. The standard InChI is InChI=1S/C17H18BrF3N2OS.2ClH/c1-11-10-14(25-16(11)18)15(23-8-6-22-7-9-23)12-2-4-13(5-3-12)24-17(19,20)21;;/h2-5,10,15,22H,6-9H2,1H3;2*1H/t15-;;/m1../s1. The largest absolute Gasteiger partial charge is 0.573 e. The number of ether oxygens (including phenoxy) is 1. The summed E-state index contributed by atoms with van der Waals surface area (Å²) in [7, 11) is 0. The van der Waals surface area contributed by atoms with Crippen molar-refractivity contribution in [2.75, 3.05) is 26.2 Å². The van der Waals surface area contributed by atoms with Gasteiger partial charge in [0.15, 0.2) is 0 Å². The molecule has 3 nitrogen and oxygen atoms in total. The van der Waals surface area contributed by atoms with E-state index >= 15 is 0 Å². The van der Waals surface area contributed by atoms with Crippen molar-refractivity contribution in [3.8, 4) is 5.75 Å². The summed E-state index contributed by atoms with van der Waals surface area (Å²) in [6.07, 6.45) is -4.67. The molecule has 1 aliphatic rings. The van der Waals surface area contributed by atoms with E-state index in [0.29, 0.717) is 0 Å². The third kappa shape index (κ3) is 6.51. The van der Waals surface area contributed by atoms with Gasteiger partial charge in [0.1, 0.15) is 5.75 Å². The Morgan fingerprint density at radius 2 is 1.74 bits per heavy atom. The fourth-order valence-electron chi connectivity index (χ4n) is 2.97. The Morgan fingerprint density at radius 3 is 2.22 bits per heavy atom. The van der Waals surface area contributed by atoms with Crippen LogP contribution >= 0.6 is 52.1 Å². The van der Waals surface area contributed by atoms with Gasteiger partial charge in [-0.3, -0.25) is 4.90 Å². The smallest absolute Gasteiger partial charge is 0.406 e. The highest BCUT2D eigenvalue weighted by molar-refractivity contribution is 9.11. The summed E-state index contributed by atoms with van der Waals surface area (Å²) in [6, 6.07) is 8.37. The van der Waals surface area contributed by atoms with Crippen molar-refractivity contribution in [2.45, 2.75) is 19.3 Å². The van der Waals surface area contributed by atoms with Gasteiger partial charge in [-0.15, -0.1) is 49.3 Å². The Hall–Kier alpha value is -0.510. The Morgan fingerprint density at radius 1 is 1.15 bits per heavy atom. The number of benzene rings is 1. The summed E-state index contributed by atoms with van der Waals surface area (Å²) in [4.78, 5) is 3.53. The number of aryl methyl sites for hydroxylation is 1. The Balaban J connectivity index is 0.00000182. The molecule has 2 heterocycles. The molecule has 152 valence electrons. The van der Waals surface area contributed by atoms with Crippen molar-refractivity contribution in [3.63, 3.8) is 0 Å². The van der Waals surface area contributed by atoms with E-state index in [2.05, 4.69) is 36.9 Å². The minimum absolute atomic E-state index is 0. The monoisotopic (exact) mass is 506 g/mol. The van der Waals surface area contributed by atoms with Crippen LogP contribution in [0.15, 0.2) is 34.1 Å². The van der Waals surface area contributed by atoms with Crippen molar-refractivity contribution in [1.29, 1.82) is 0 Å². The Bertz CT molecular complexity index is 702. The quantitative estimate of drug-likeness (QED) is 0.586. The van der Waals surface area contributed by atoms with E-state index in [9.17, 15) is 13.2 Å². The molecule has 1 saturated heterocycles. The molecule has 0 spiro atoms. The first-order valence-electron chi connectivity index (χ1n) is 7.90. The van der Waals surface area contributed by atoms with Gasteiger partial charge >= 0.3 is 6.36 Å². The van der Waals surface area contributed by atoms with Gasteiger partial charge in [-0.2, -0.15) is 0 Å². The zero-order valence-electron chi connectivity index (χ0n) is 14.4. The number of nitrogens with one attached hydrogen (secondary N) is 1. The molecule has 0 amide bonds. The summed E-state index contributed by atoms with van der Waals surface area (Å²) in [5, 5.41) is 3.33. The molecule has 1 N–H and O–H groups in total. The van der Waals surface area contributed by atoms with Crippen LogP contribution in [0.4, 0.5) is 13.2 Å². The highest BCUT2D eigenvalue weighted by Gasteiger charge is 2.31. The third-order valence-corrected chi connectivity index (χ3v) is 6.28. The minimum atomic E-state index is -4.67. The van der Waals surface area contributed by atoms with Gasteiger partial charge in [0.2, 0.25) is 0 Å². The minimum Gasteiger partial charge on any atom is -0.406 e. The highest BCUT2D eigenvalue weighted by atomic mass is 79.9. The highest BCUT2D eigenvalue weighted by Crippen LogP contribution is 2.38. The van der Waals surface area contributed by atoms with Crippen LogP contribution < -0.4 is 10.1 Å². The van der Waals surface area contributed by atoms with Crippen LogP contribution in [0.1, 0.15) is 22.0 Å². The number of alkyl halides is 3. The average molecular weight is 508 g/mol. The first-order chi connectivity index (χ1) is 11.8. The van der Waals surface area contributed by atoms with Gasteiger partial charge in [-0.05, 0) is 52.2 Å². The van der Waals surface area contributed by atoms with Crippen molar-refractivity contribution < 1.29 is 17.9 Å². The van der Waals surface area contributed by atoms with Gasteiger partial charge in [-0.25, -0.2) is 0 Å². The topological polar surface area (TPSA) is 24.5 Å². The molecular weight excluding hydrogens is 488 g/mol. The van der Waals surface area contributed by atoms with E-state index in [4.69, 9.17) is 0 Å². The molecule has 1 aromatic heterocycles. The maximum atomic E-state index is 12.4. The number of piperazine rings is 1. The summed E-state index contributed by atoms with van der Waals surface area (Å²) in [5.74, 6) is -0.196. The maximum Gasteiger partial charge on any atom is 0.573 e. The molecular formula is C17H20BrCl2F3N2OS.